The number of carbonyl (C=O) groups excluding carboxylic acids is 1. The quantitative estimate of drug-likeness (QED) is 0.841. The number of carbonyl (C=O) groups is 1. The van der Waals surface area contributed by atoms with Crippen molar-refractivity contribution in [3.8, 4) is 0 Å². The maximum absolute atomic E-state index is 12.2. The van der Waals surface area contributed by atoms with Crippen molar-refractivity contribution in [3.63, 3.8) is 0 Å². The van der Waals surface area contributed by atoms with Crippen molar-refractivity contribution in [2.75, 3.05) is 18.8 Å². The van der Waals surface area contributed by atoms with Gasteiger partial charge in [0, 0.05) is 18.8 Å². The largest absolute Gasteiger partial charge is 0.444 e. The Morgan fingerprint density at radius 2 is 2.21 bits per heavy atom. The maximum atomic E-state index is 12.2. The van der Waals surface area contributed by atoms with Gasteiger partial charge < -0.3 is 14.6 Å². The van der Waals surface area contributed by atoms with E-state index < -0.39 is 5.60 Å². The van der Waals surface area contributed by atoms with Gasteiger partial charge in [-0.2, -0.15) is 0 Å². The third-order valence-corrected chi connectivity index (χ3v) is 5.10. The molecular weight excluding hydrogens is 322 g/mol. The maximum Gasteiger partial charge on any atom is 0.410 e. The van der Waals surface area contributed by atoms with E-state index in [2.05, 4.69) is 9.97 Å². The molecule has 0 saturated carbocycles. The van der Waals surface area contributed by atoms with Crippen molar-refractivity contribution in [2.45, 2.75) is 44.4 Å². The van der Waals surface area contributed by atoms with Crippen LogP contribution in [0.3, 0.4) is 0 Å². The molecule has 0 bridgehead atoms. The molecule has 1 fully saturated rings. The molecule has 1 aromatic heterocycles. The molecule has 0 aliphatic carbocycles. The van der Waals surface area contributed by atoms with Crippen molar-refractivity contribution in [2.24, 2.45) is 5.92 Å². The second-order valence-electron chi connectivity index (χ2n) is 7.30. The van der Waals surface area contributed by atoms with Crippen LogP contribution in [0.4, 0.5) is 4.79 Å². The van der Waals surface area contributed by atoms with Gasteiger partial charge in [0.1, 0.15) is 5.60 Å². The monoisotopic (exact) mass is 347 g/mol. The average Bonchev–Trinajstić information content (AvgIpc) is 2.94. The zero-order valence-corrected chi connectivity index (χ0v) is 15.4. The molecule has 1 atom stereocenters. The van der Waals surface area contributed by atoms with E-state index >= 15 is 0 Å². The lowest BCUT2D eigenvalue weighted by molar-refractivity contribution is 0.0177. The molecule has 2 heterocycles. The summed E-state index contributed by atoms with van der Waals surface area (Å²) in [7, 11) is 0. The minimum Gasteiger partial charge on any atom is -0.444 e. The zero-order chi connectivity index (χ0) is 17.2. The number of nitrogens with zero attached hydrogens (tertiary/aromatic N) is 2. The molecule has 6 heteroatoms. The van der Waals surface area contributed by atoms with Gasteiger partial charge in [0.25, 0.3) is 0 Å². The first-order chi connectivity index (χ1) is 11.4. The number of imidazole rings is 1. The van der Waals surface area contributed by atoms with Crippen LogP contribution in [0.1, 0.15) is 33.6 Å². The van der Waals surface area contributed by atoms with Gasteiger partial charge in [0.15, 0.2) is 5.16 Å². The Labute approximate surface area is 147 Å². The summed E-state index contributed by atoms with van der Waals surface area (Å²) in [5.41, 5.74) is 1.63. The summed E-state index contributed by atoms with van der Waals surface area (Å²) < 4.78 is 5.49. The fourth-order valence-corrected chi connectivity index (χ4v) is 3.90. The molecule has 1 aliphatic heterocycles. The predicted molar refractivity (Wildman–Crippen MR) is 97.3 cm³/mol. The van der Waals surface area contributed by atoms with Crippen LogP contribution in [0, 0.1) is 5.92 Å². The van der Waals surface area contributed by atoms with Crippen LogP contribution in [-0.4, -0.2) is 45.4 Å². The fraction of sp³-hybridized carbons (Fsp3) is 0.556. The van der Waals surface area contributed by atoms with E-state index in [1.165, 1.54) is 0 Å². The van der Waals surface area contributed by atoms with Crippen molar-refractivity contribution in [3.05, 3.63) is 24.3 Å². The van der Waals surface area contributed by atoms with E-state index in [0.717, 1.165) is 47.9 Å². The Bertz CT molecular complexity index is 675. The van der Waals surface area contributed by atoms with Crippen molar-refractivity contribution < 1.29 is 9.53 Å². The minimum atomic E-state index is -0.437. The zero-order valence-electron chi connectivity index (χ0n) is 14.5. The SMILES string of the molecule is CC(C)(C)OC(=O)N1CCC[C@H](CSc2nc3ccccc3[nH]2)C1. The van der Waals surface area contributed by atoms with Gasteiger partial charge in [0.2, 0.25) is 0 Å². The molecule has 0 radical (unpaired) electrons. The van der Waals surface area contributed by atoms with Crippen molar-refractivity contribution in [1.29, 1.82) is 0 Å². The smallest absolute Gasteiger partial charge is 0.410 e. The Morgan fingerprint density at radius 3 is 2.96 bits per heavy atom. The molecule has 24 heavy (non-hydrogen) atoms. The highest BCUT2D eigenvalue weighted by Gasteiger charge is 2.27. The standard InChI is InChI=1S/C18H25N3O2S/c1-18(2,3)23-17(22)21-10-6-7-13(11-21)12-24-16-19-14-8-4-5-9-15(14)20-16/h4-5,8-9,13H,6-7,10-12H2,1-3H3,(H,19,20)/t13-/m0/s1. The average molecular weight is 347 g/mol. The van der Waals surface area contributed by atoms with Gasteiger partial charge in [-0.1, -0.05) is 23.9 Å². The number of piperidine rings is 1. The van der Waals surface area contributed by atoms with E-state index in [4.69, 9.17) is 4.74 Å². The first-order valence-electron chi connectivity index (χ1n) is 8.46. The minimum absolute atomic E-state index is 0.194. The van der Waals surface area contributed by atoms with Gasteiger partial charge in [-0.05, 0) is 51.7 Å². The number of nitrogens with one attached hydrogen (secondary N) is 1. The number of likely N-dealkylation sites (tertiary alicyclic amines) is 1. The Kier molecular flexibility index (Phi) is 5.04. The molecule has 1 N–H and O–H groups in total. The topological polar surface area (TPSA) is 58.2 Å². The number of ether oxygens (including phenoxy) is 1. The molecule has 2 aromatic rings. The molecule has 3 rings (SSSR count). The van der Waals surface area contributed by atoms with Gasteiger partial charge >= 0.3 is 6.09 Å². The molecule has 0 unspecified atom stereocenters. The molecule has 1 amide bonds. The van der Waals surface area contributed by atoms with Crippen molar-refractivity contribution in [1.82, 2.24) is 14.9 Å². The number of hydrogen-bond donors (Lipinski definition) is 1. The van der Waals surface area contributed by atoms with E-state index in [1.807, 2.05) is 49.9 Å². The highest BCUT2D eigenvalue weighted by molar-refractivity contribution is 7.99. The van der Waals surface area contributed by atoms with Crippen LogP contribution >= 0.6 is 11.8 Å². The number of aromatic amines is 1. The highest BCUT2D eigenvalue weighted by atomic mass is 32.2. The molecule has 0 spiro atoms. The van der Waals surface area contributed by atoms with Gasteiger partial charge in [0.05, 0.1) is 11.0 Å². The van der Waals surface area contributed by atoms with Crippen LogP contribution in [0.2, 0.25) is 0 Å². The lowest BCUT2D eigenvalue weighted by atomic mass is 10.0. The van der Waals surface area contributed by atoms with Crippen LogP contribution in [0.15, 0.2) is 29.4 Å². The lowest BCUT2D eigenvalue weighted by Gasteiger charge is -2.33. The number of rotatable bonds is 3. The van der Waals surface area contributed by atoms with E-state index in [0.29, 0.717) is 5.92 Å². The number of benzene rings is 1. The summed E-state index contributed by atoms with van der Waals surface area (Å²) in [5, 5.41) is 0.950. The summed E-state index contributed by atoms with van der Waals surface area (Å²) in [5.74, 6) is 1.43. The lowest BCUT2D eigenvalue weighted by Crippen LogP contribution is -2.43. The molecule has 130 valence electrons. The number of para-hydroxylation sites is 2. The fourth-order valence-electron chi connectivity index (χ4n) is 2.89. The first-order valence-corrected chi connectivity index (χ1v) is 9.45. The summed E-state index contributed by atoms with van der Waals surface area (Å²) in [6, 6.07) is 8.06. The van der Waals surface area contributed by atoms with E-state index in [9.17, 15) is 4.79 Å². The third kappa shape index (κ3) is 4.44. The van der Waals surface area contributed by atoms with Gasteiger partial charge in [-0.15, -0.1) is 0 Å². The first kappa shape index (κ1) is 17.1. The van der Waals surface area contributed by atoms with Gasteiger partial charge in [-0.25, -0.2) is 9.78 Å². The third-order valence-electron chi connectivity index (χ3n) is 3.99. The normalized spacial score (nSPS) is 18.8. The van der Waals surface area contributed by atoms with Crippen LogP contribution in [0.5, 0.6) is 0 Å². The number of thioether (sulfide) groups is 1. The van der Waals surface area contributed by atoms with E-state index in [-0.39, 0.29) is 6.09 Å². The molecule has 1 aliphatic rings. The Hall–Kier alpha value is -1.69. The summed E-state index contributed by atoms with van der Waals surface area (Å²) in [4.78, 5) is 22.0. The molecule has 5 nitrogen and oxygen atoms in total. The molecule has 1 aromatic carbocycles. The van der Waals surface area contributed by atoms with Crippen LogP contribution in [-0.2, 0) is 4.74 Å². The number of amides is 1. The predicted octanol–water partition coefficient (Wildman–Crippen LogP) is 4.30. The second kappa shape index (κ2) is 7.05. The number of fused-ring (bicyclic) bond motifs is 1. The highest BCUT2D eigenvalue weighted by Crippen LogP contribution is 2.26. The second-order valence-corrected chi connectivity index (χ2v) is 8.31. The van der Waals surface area contributed by atoms with Crippen molar-refractivity contribution >= 4 is 28.9 Å². The summed E-state index contributed by atoms with van der Waals surface area (Å²) >= 11 is 1.73. The van der Waals surface area contributed by atoms with E-state index in [1.54, 1.807) is 11.8 Å². The summed E-state index contributed by atoms with van der Waals surface area (Å²) in [6.45, 7) is 7.28. The summed E-state index contributed by atoms with van der Waals surface area (Å²) in [6.07, 6.45) is 1.98. The van der Waals surface area contributed by atoms with Gasteiger partial charge in [-0.3, -0.25) is 0 Å². The van der Waals surface area contributed by atoms with Crippen LogP contribution in [0.25, 0.3) is 11.0 Å². The Balaban J connectivity index is 1.54. The van der Waals surface area contributed by atoms with Crippen LogP contribution < -0.4 is 0 Å². The molecular formula is C18H25N3O2S. The number of H-pyrrole nitrogens is 1. The molecule has 1 saturated heterocycles. The Morgan fingerprint density at radius 1 is 1.42 bits per heavy atom. The number of aromatic nitrogens is 2. The number of hydrogen-bond acceptors (Lipinski definition) is 4.